The summed E-state index contributed by atoms with van der Waals surface area (Å²) in [5.41, 5.74) is 4.63. The topological polar surface area (TPSA) is 95.8 Å². The van der Waals surface area contributed by atoms with E-state index in [1.54, 1.807) is 4.90 Å². The van der Waals surface area contributed by atoms with Crippen molar-refractivity contribution in [3.05, 3.63) is 82.3 Å². The van der Waals surface area contributed by atoms with Gasteiger partial charge in [-0.25, -0.2) is 9.78 Å². The molecule has 1 N–H and O–H groups in total. The Bertz CT molecular complexity index is 1710. The molecule has 7 rings (SSSR count). The maximum Gasteiger partial charge on any atom is 0.414 e. The summed E-state index contributed by atoms with van der Waals surface area (Å²) in [4.78, 5) is 43.6. The summed E-state index contributed by atoms with van der Waals surface area (Å²) in [5, 5.41) is 4.18. The second-order valence-electron chi connectivity index (χ2n) is 11.7. The van der Waals surface area contributed by atoms with Gasteiger partial charge in [0, 0.05) is 37.8 Å². The maximum atomic E-state index is 14.5. The van der Waals surface area contributed by atoms with Crippen LogP contribution >= 0.6 is 0 Å². The number of carbonyl (C=O) groups is 1. The number of ether oxygens (including phenoxy) is 1. The third-order valence-electron chi connectivity index (χ3n) is 8.82. The third-order valence-corrected chi connectivity index (χ3v) is 8.82. The zero-order valence-electron chi connectivity index (χ0n) is 24.5. The first-order valence-electron chi connectivity index (χ1n) is 15.3. The number of amides is 1. The van der Waals surface area contributed by atoms with Crippen molar-refractivity contribution < 1.29 is 9.53 Å². The fraction of sp³-hybridized carbons (Fsp3) is 0.394. The highest BCUT2D eigenvalue weighted by molar-refractivity contribution is 5.97. The lowest BCUT2D eigenvalue weighted by molar-refractivity contribution is 0.147. The second kappa shape index (κ2) is 11.7. The molecule has 10 heteroatoms. The molecule has 1 amide bonds. The van der Waals surface area contributed by atoms with Crippen molar-refractivity contribution in [1.82, 2.24) is 19.4 Å². The lowest BCUT2D eigenvalue weighted by Gasteiger charge is -2.39. The summed E-state index contributed by atoms with van der Waals surface area (Å²) in [6, 6.07) is 17.6. The Labute approximate surface area is 250 Å². The zero-order valence-corrected chi connectivity index (χ0v) is 24.5. The van der Waals surface area contributed by atoms with Gasteiger partial charge in [0.1, 0.15) is 17.9 Å². The number of benzene rings is 2. The van der Waals surface area contributed by atoms with E-state index >= 15 is 0 Å². The standard InChI is InChI=1S/C33H37N7O3/c1-23-9-7-13-27-29(23)39(33(42)43-22-24-10-3-2-4-11-24)18-17-38(27)28-19-25-20-35-32-34-14-5-6-15-37-16-8-12-26(21-37)40(31(28)41)30(25)36-32/h2-4,7,9-11,13,19-20,26H,5-6,8,12,14-18,21-22H2,1H3,(H,34,35,36). The lowest BCUT2D eigenvalue weighted by atomic mass is 10.0. The molecule has 3 aliphatic rings. The molecule has 10 nitrogen and oxygen atoms in total. The molecule has 0 aliphatic carbocycles. The molecular weight excluding hydrogens is 542 g/mol. The highest BCUT2D eigenvalue weighted by Gasteiger charge is 2.33. The Morgan fingerprint density at radius 3 is 2.74 bits per heavy atom. The van der Waals surface area contributed by atoms with Crippen molar-refractivity contribution in [2.45, 2.75) is 45.3 Å². The predicted molar refractivity (Wildman–Crippen MR) is 168 cm³/mol. The van der Waals surface area contributed by atoms with Crippen molar-refractivity contribution in [2.75, 3.05) is 54.4 Å². The number of nitrogens with zero attached hydrogens (tertiary/aromatic N) is 6. The fourth-order valence-corrected chi connectivity index (χ4v) is 6.70. The Kier molecular flexibility index (Phi) is 7.44. The van der Waals surface area contributed by atoms with Crippen LogP contribution in [-0.4, -0.2) is 64.8 Å². The van der Waals surface area contributed by atoms with Crippen molar-refractivity contribution in [3.8, 4) is 0 Å². The van der Waals surface area contributed by atoms with Gasteiger partial charge in [-0.1, -0.05) is 42.5 Å². The number of rotatable bonds is 3. The minimum absolute atomic E-state index is 0.0251. The smallest absolute Gasteiger partial charge is 0.414 e. The van der Waals surface area contributed by atoms with E-state index in [4.69, 9.17) is 9.72 Å². The predicted octanol–water partition coefficient (Wildman–Crippen LogP) is 5.24. The number of aryl methyl sites for hydroxylation is 1. The molecule has 4 aromatic rings. The molecule has 4 bridgehead atoms. The number of fused-ring (bicyclic) bond motifs is 5. The van der Waals surface area contributed by atoms with E-state index in [9.17, 15) is 9.59 Å². The Balaban J connectivity index is 1.29. The van der Waals surface area contributed by atoms with Crippen molar-refractivity contribution >= 4 is 40.1 Å². The number of pyridine rings is 1. The van der Waals surface area contributed by atoms with Crippen LogP contribution in [0.3, 0.4) is 0 Å². The molecule has 5 heterocycles. The van der Waals surface area contributed by atoms with Gasteiger partial charge in [0.15, 0.2) is 0 Å². The van der Waals surface area contributed by atoms with Crippen LogP contribution in [0.5, 0.6) is 0 Å². The number of para-hydroxylation sites is 1. The number of carbonyl (C=O) groups excluding carboxylic acids is 1. The number of aromatic nitrogens is 3. The molecule has 2 aromatic heterocycles. The number of piperidine rings is 1. The Hall–Kier alpha value is -4.44. The van der Waals surface area contributed by atoms with E-state index in [0.29, 0.717) is 30.4 Å². The Morgan fingerprint density at radius 1 is 1.00 bits per heavy atom. The molecule has 2 aromatic carbocycles. The molecular formula is C33H37N7O3. The molecule has 1 fully saturated rings. The van der Waals surface area contributed by atoms with Gasteiger partial charge in [-0.2, -0.15) is 4.98 Å². The monoisotopic (exact) mass is 579 g/mol. The summed E-state index contributed by atoms with van der Waals surface area (Å²) < 4.78 is 7.65. The first-order valence-corrected chi connectivity index (χ1v) is 15.3. The van der Waals surface area contributed by atoms with E-state index < -0.39 is 6.09 Å². The van der Waals surface area contributed by atoms with E-state index in [-0.39, 0.29) is 18.2 Å². The highest BCUT2D eigenvalue weighted by Crippen LogP contribution is 2.40. The van der Waals surface area contributed by atoms with Gasteiger partial charge in [-0.15, -0.1) is 0 Å². The minimum atomic E-state index is -0.396. The summed E-state index contributed by atoms with van der Waals surface area (Å²) in [7, 11) is 0. The van der Waals surface area contributed by atoms with Gasteiger partial charge >= 0.3 is 6.09 Å². The zero-order chi connectivity index (χ0) is 29.3. The number of anilines is 4. The summed E-state index contributed by atoms with van der Waals surface area (Å²) >= 11 is 0. The van der Waals surface area contributed by atoms with Crippen molar-refractivity contribution in [1.29, 1.82) is 0 Å². The van der Waals surface area contributed by atoms with Crippen LogP contribution in [0.15, 0.2) is 65.6 Å². The van der Waals surface area contributed by atoms with Gasteiger partial charge in [-0.3, -0.25) is 14.3 Å². The number of hydrogen-bond acceptors (Lipinski definition) is 8. The molecule has 0 radical (unpaired) electrons. The molecule has 2 atom stereocenters. The first kappa shape index (κ1) is 27.4. The van der Waals surface area contributed by atoms with Gasteiger partial charge in [0.25, 0.3) is 5.56 Å². The van der Waals surface area contributed by atoms with Crippen LogP contribution in [0.1, 0.15) is 42.9 Å². The van der Waals surface area contributed by atoms with Gasteiger partial charge in [0.05, 0.1) is 17.4 Å². The quantitative estimate of drug-likeness (QED) is 0.352. The molecule has 3 aliphatic heterocycles. The average Bonchev–Trinajstić information content (AvgIpc) is 3.03. The fourth-order valence-electron chi connectivity index (χ4n) is 6.70. The van der Waals surface area contributed by atoms with Gasteiger partial charge < -0.3 is 19.9 Å². The maximum absolute atomic E-state index is 14.5. The molecule has 43 heavy (non-hydrogen) atoms. The van der Waals surface area contributed by atoms with Crippen LogP contribution in [0.25, 0.3) is 11.0 Å². The second-order valence-corrected chi connectivity index (χ2v) is 11.7. The normalized spacial score (nSPS) is 20.1. The minimum Gasteiger partial charge on any atom is -0.444 e. The van der Waals surface area contributed by atoms with Crippen LogP contribution < -0.4 is 20.7 Å². The molecule has 0 spiro atoms. The third kappa shape index (κ3) is 5.31. The van der Waals surface area contributed by atoms with Crippen LogP contribution in [0.2, 0.25) is 0 Å². The van der Waals surface area contributed by atoms with E-state index in [1.807, 2.05) is 72.3 Å². The number of nitrogens with one attached hydrogen (secondary N) is 1. The molecule has 0 saturated carbocycles. The molecule has 2 unspecified atom stereocenters. The number of hydrogen-bond donors (Lipinski definition) is 1. The SMILES string of the molecule is Cc1cccc2c1N(C(=O)OCc1ccccc1)CCN2c1cc2cnc3nc2n(c1=O)C1CCCN(CCCCN3)C1. The van der Waals surface area contributed by atoms with Gasteiger partial charge in [0.2, 0.25) is 5.95 Å². The van der Waals surface area contributed by atoms with E-state index in [0.717, 1.165) is 79.8 Å². The summed E-state index contributed by atoms with van der Waals surface area (Å²) in [6.45, 7) is 6.76. The van der Waals surface area contributed by atoms with Crippen molar-refractivity contribution in [2.24, 2.45) is 0 Å². The first-order chi connectivity index (χ1) is 21.1. The lowest BCUT2D eigenvalue weighted by Crippen LogP contribution is -2.45. The van der Waals surface area contributed by atoms with Crippen LogP contribution in [0.4, 0.5) is 27.8 Å². The van der Waals surface area contributed by atoms with Gasteiger partial charge in [-0.05, 0) is 69.0 Å². The van der Waals surface area contributed by atoms with E-state index in [1.165, 1.54) is 0 Å². The van der Waals surface area contributed by atoms with Crippen LogP contribution in [0, 0.1) is 6.92 Å². The summed E-state index contributed by atoms with van der Waals surface area (Å²) in [5.74, 6) is 0.560. The van der Waals surface area contributed by atoms with E-state index in [2.05, 4.69) is 20.1 Å². The molecule has 222 valence electrons. The van der Waals surface area contributed by atoms with Crippen LogP contribution in [-0.2, 0) is 11.3 Å². The average molecular weight is 580 g/mol. The molecule has 1 saturated heterocycles. The highest BCUT2D eigenvalue weighted by atomic mass is 16.6. The largest absolute Gasteiger partial charge is 0.444 e. The summed E-state index contributed by atoms with van der Waals surface area (Å²) in [6.07, 6.45) is 5.55. The Morgan fingerprint density at radius 2 is 1.86 bits per heavy atom. The van der Waals surface area contributed by atoms with Crippen molar-refractivity contribution in [3.63, 3.8) is 0 Å².